The van der Waals surface area contributed by atoms with Crippen molar-refractivity contribution in [1.29, 1.82) is 0 Å². The molecule has 1 aliphatic rings. The molecule has 1 amide bonds. The van der Waals surface area contributed by atoms with Gasteiger partial charge in [0.15, 0.2) is 0 Å². The maximum atomic E-state index is 11.9. The average Bonchev–Trinajstić information content (AvgIpc) is 2.75. The van der Waals surface area contributed by atoms with Gasteiger partial charge in [-0.3, -0.25) is 4.79 Å². The first kappa shape index (κ1) is 12.6. The lowest BCUT2D eigenvalue weighted by Gasteiger charge is -2.11. The number of carbonyl (C=O) groups is 1. The Bertz CT molecular complexity index is 385. The van der Waals surface area contributed by atoms with Crippen LogP contribution in [0.1, 0.15) is 35.9 Å². The molecule has 0 aromatic carbocycles. The molecule has 2 rings (SSSR count). The number of carbonyl (C=O) groups excluding carboxylic acids is 1. The van der Waals surface area contributed by atoms with Crippen LogP contribution < -0.4 is 5.32 Å². The highest BCUT2D eigenvalue weighted by Gasteiger charge is 2.23. The lowest BCUT2D eigenvalue weighted by atomic mass is 10.1. The van der Waals surface area contributed by atoms with Crippen LogP contribution in [0.5, 0.6) is 0 Å². The van der Waals surface area contributed by atoms with Gasteiger partial charge in [-0.2, -0.15) is 0 Å². The Morgan fingerprint density at radius 3 is 2.75 bits per heavy atom. The lowest BCUT2D eigenvalue weighted by Crippen LogP contribution is -2.32. The Balaban J connectivity index is 1.98. The summed E-state index contributed by atoms with van der Waals surface area (Å²) in [6.45, 7) is 2.24. The standard InChI is InChI=1S/C11H13Br2NOS/c1-6-2-3-7(4-6)14-11(15)9-5-8(12)10(13)16-9/h5-7H,2-4H2,1H3,(H,14,15). The normalized spacial score (nSPS) is 24.7. The highest BCUT2D eigenvalue weighted by Crippen LogP contribution is 2.32. The molecule has 0 aliphatic heterocycles. The van der Waals surface area contributed by atoms with Crippen molar-refractivity contribution in [2.24, 2.45) is 5.92 Å². The maximum absolute atomic E-state index is 11.9. The van der Waals surface area contributed by atoms with Gasteiger partial charge in [0.05, 0.1) is 8.66 Å². The minimum absolute atomic E-state index is 0.0514. The van der Waals surface area contributed by atoms with Gasteiger partial charge in [-0.1, -0.05) is 6.92 Å². The van der Waals surface area contributed by atoms with E-state index < -0.39 is 0 Å². The largest absolute Gasteiger partial charge is 0.349 e. The first-order valence-electron chi connectivity index (χ1n) is 5.32. The van der Waals surface area contributed by atoms with Crippen LogP contribution in [0, 0.1) is 5.92 Å². The second kappa shape index (κ2) is 5.19. The van der Waals surface area contributed by atoms with Gasteiger partial charge in [0.25, 0.3) is 5.91 Å². The molecule has 0 bridgehead atoms. The van der Waals surface area contributed by atoms with E-state index in [0.717, 1.165) is 31.9 Å². The number of halogens is 2. The number of thiophene rings is 1. The van der Waals surface area contributed by atoms with Crippen molar-refractivity contribution in [2.45, 2.75) is 32.2 Å². The molecule has 1 heterocycles. The van der Waals surface area contributed by atoms with Gasteiger partial charge >= 0.3 is 0 Å². The summed E-state index contributed by atoms with van der Waals surface area (Å²) in [6.07, 6.45) is 3.45. The van der Waals surface area contributed by atoms with Crippen LogP contribution in [0.25, 0.3) is 0 Å². The lowest BCUT2D eigenvalue weighted by molar-refractivity contribution is 0.0941. The summed E-state index contributed by atoms with van der Waals surface area (Å²) in [5.74, 6) is 0.794. The SMILES string of the molecule is CC1CCC(NC(=O)c2cc(Br)c(Br)s2)C1. The van der Waals surface area contributed by atoms with Crippen LogP contribution in [-0.4, -0.2) is 11.9 Å². The fraction of sp³-hybridized carbons (Fsp3) is 0.545. The van der Waals surface area contributed by atoms with E-state index in [2.05, 4.69) is 44.1 Å². The molecular weight excluding hydrogens is 354 g/mol. The molecule has 2 nitrogen and oxygen atoms in total. The number of nitrogens with one attached hydrogen (secondary N) is 1. The molecule has 5 heteroatoms. The third kappa shape index (κ3) is 2.87. The fourth-order valence-corrected chi connectivity index (χ4v) is 3.99. The van der Waals surface area contributed by atoms with Gasteiger partial charge < -0.3 is 5.32 Å². The molecule has 0 saturated heterocycles. The summed E-state index contributed by atoms with van der Waals surface area (Å²) < 4.78 is 1.92. The Kier molecular flexibility index (Phi) is 4.08. The molecular formula is C11H13Br2NOS. The number of hydrogen-bond acceptors (Lipinski definition) is 2. The second-order valence-corrected chi connectivity index (χ2v) is 7.55. The van der Waals surface area contributed by atoms with Gasteiger partial charge in [-0.05, 0) is 63.1 Å². The molecule has 0 radical (unpaired) electrons. The third-order valence-electron chi connectivity index (χ3n) is 2.90. The zero-order valence-electron chi connectivity index (χ0n) is 8.93. The van der Waals surface area contributed by atoms with Crippen LogP contribution in [0.4, 0.5) is 0 Å². The first-order valence-corrected chi connectivity index (χ1v) is 7.72. The van der Waals surface area contributed by atoms with Crippen molar-refractivity contribution in [2.75, 3.05) is 0 Å². The van der Waals surface area contributed by atoms with E-state index in [4.69, 9.17) is 0 Å². The monoisotopic (exact) mass is 365 g/mol. The Morgan fingerprint density at radius 1 is 1.50 bits per heavy atom. The molecule has 2 unspecified atom stereocenters. The van der Waals surface area contributed by atoms with Crippen LogP contribution in [-0.2, 0) is 0 Å². The van der Waals surface area contributed by atoms with E-state index in [1.807, 2.05) is 6.07 Å². The molecule has 88 valence electrons. The summed E-state index contributed by atoms with van der Waals surface area (Å²) in [5, 5.41) is 3.10. The predicted octanol–water partition coefficient (Wildman–Crippen LogP) is 4.19. The first-order chi connectivity index (χ1) is 7.56. The van der Waals surface area contributed by atoms with Crippen molar-refractivity contribution in [3.63, 3.8) is 0 Å². The number of rotatable bonds is 2. The van der Waals surface area contributed by atoms with Crippen LogP contribution in [0.15, 0.2) is 14.3 Å². The van der Waals surface area contributed by atoms with Gasteiger partial charge in [0.2, 0.25) is 0 Å². The van der Waals surface area contributed by atoms with Crippen molar-refractivity contribution in [3.05, 3.63) is 19.2 Å². The molecule has 1 aromatic heterocycles. The molecule has 1 N–H and O–H groups in total. The van der Waals surface area contributed by atoms with E-state index in [-0.39, 0.29) is 5.91 Å². The molecule has 1 saturated carbocycles. The quantitative estimate of drug-likeness (QED) is 0.835. The van der Waals surface area contributed by atoms with E-state index in [9.17, 15) is 4.79 Å². The van der Waals surface area contributed by atoms with Crippen LogP contribution in [0.2, 0.25) is 0 Å². The number of hydrogen-bond donors (Lipinski definition) is 1. The van der Waals surface area contributed by atoms with Gasteiger partial charge in [-0.15, -0.1) is 11.3 Å². The topological polar surface area (TPSA) is 29.1 Å². The highest BCUT2D eigenvalue weighted by atomic mass is 79.9. The molecule has 1 fully saturated rings. The smallest absolute Gasteiger partial charge is 0.261 e. The summed E-state index contributed by atoms with van der Waals surface area (Å²) in [4.78, 5) is 12.7. The maximum Gasteiger partial charge on any atom is 0.261 e. The van der Waals surface area contributed by atoms with E-state index >= 15 is 0 Å². The van der Waals surface area contributed by atoms with Crippen LogP contribution >= 0.6 is 43.2 Å². The summed E-state index contributed by atoms with van der Waals surface area (Å²) in [7, 11) is 0. The second-order valence-electron chi connectivity index (χ2n) is 4.32. The van der Waals surface area contributed by atoms with E-state index in [0.29, 0.717) is 6.04 Å². The minimum Gasteiger partial charge on any atom is -0.349 e. The highest BCUT2D eigenvalue weighted by molar-refractivity contribution is 9.13. The summed E-state index contributed by atoms with van der Waals surface area (Å²) in [6, 6.07) is 2.23. The van der Waals surface area contributed by atoms with Crippen LogP contribution in [0.3, 0.4) is 0 Å². The van der Waals surface area contributed by atoms with Gasteiger partial charge in [-0.25, -0.2) is 0 Å². The molecule has 2 atom stereocenters. The molecule has 16 heavy (non-hydrogen) atoms. The van der Waals surface area contributed by atoms with Crippen molar-refractivity contribution < 1.29 is 4.79 Å². The number of amides is 1. The minimum atomic E-state index is 0.0514. The average molecular weight is 367 g/mol. The fourth-order valence-electron chi connectivity index (χ4n) is 2.05. The molecule has 1 aliphatic carbocycles. The van der Waals surface area contributed by atoms with E-state index in [1.165, 1.54) is 17.8 Å². The van der Waals surface area contributed by atoms with Crippen molar-refractivity contribution in [3.8, 4) is 0 Å². The Morgan fingerprint density at radius 2 is 2.25 bits per heavy atom. The zero-order chi connectivity index (χ0) is 11.7. The van der Waals surface area contributed by atoms with Gasteiger partial charge in [0, 0.05) is 10.5 Å². The summed E-state index contributed by atoms with van der Waals surface area (Å²) >= 11 is 8.25. The zero-order valence-corrected chi connectivity index (χ0v) is 12.9. The van der Waals surface area contributed by atoms with E-state index in [1.54, 1.807) is 0 Å². The molecule has 1 aromatic rings. The summed E-state index contributed by atoms with van der Waals surface area (Å²) in [5.41, 5.74) is 0. The van der Waals surface area contributed by atoms with Gasteiger partial charge in [0.1, 0.15) is 0 Å². The molecule has 0 spiro atoms. The predicted molar refractivity (Wildman–Crippen MR) is 74.0 cm³/mol. The third-order valence-corrected chi connectivity index (χ3v) is 6.15. The van der Waals surface area contributed by atoms with Crippen molar-refractivity contribution >= 4 is 49.1 Å². The van der Waals surface area contributed by atoms with Crippen molar-refractivity contribution in [1.82, 2.24) is 5.32 Å². The Hall–Kier alpha value is 0.130. The Labute approximate surface area is 116 Å².